The summed E-state index contributed by atoms with van der Waals surface area (Å²) in [5.41, 5.74) is 0.711. The first kappa shape index (κ1) is 23.6. The minimum atomic E-state index is -0.820. The molecule has 0 saturated heterocycles. The van der Waals surface area contributed by atoms with Crippen LogP contribution >= 0.6 is 11.3 Å². The fourth-order valence-corrected chi connectivity index (χ4v) is 3.36. The average molecular weight is 471 g/mol. The van der Waals surface area contributed by atoms with Crippen LogP contribution in [0.4, 0.5) is 21.6 Å². The number of anilines is 4. The van der Waals surface area contributed by atoms with E-state index >= 15 is 0 Å². The number of amides is 1. The van der Waals surface area contributed by atoms with Gasteiger partial charge >= 0.3 is 5.63 Å². The molecule has 12 heteroatoms. The third-order valence-corrected chi connectivity index (χ3v) is 4.85. The zero-order chi connectivity index (χ0) is 23.8. The summed E-state index contributed by atoms with van der Waals surface area (Å²) in [6, 6.07) is 10.5. The van der Waals surface area contributed by atoms with Crippen molar-refractivity contribution in [2.24, 2.45) is 5.10 Å². The maximum atomic E-state index is 12.8. The summed E-state index contributed by atoms with van der Waals surface area (Å²) in [7, 11) is 1.52. The molecule has 0 saturated carbocycles. The number of benzene rings is 1. The topological polar surface area (TPSA) is 131 Å². The number of carbonyl (C=O) groups excluding carboxylic acids is 1. The summed E-state index contributed by atoms with van der Waals surface area (Å²) >= 11 is 1.05. The maximum Gasteiger partial charge on any atom is 0.381 e. The number of hydrogen-bond acceptors (Lipinski definition) is 11. The SMILES string of the molecule is C=NN(C(=C)C)c1nnc(NC(=O)c2cc(Nc3ccccc3)c(OCCOC)c(=O)o2)s1. The van der Waals surface area contributed by atoms with E-state index in [1.807, 2.05) is 18.2 Å². The normalized spacial score (nSPS) is 10.4. The van der Waals surface area contributed by atoms with Gasteiger partial charge in [0.2, 0.25) is 16.0 Å². The number of hydrogen-bond donors (Lipinski definition) is 2. The molecule has 33 heavy (non-hydrogen) atoms. The quantitative estimate of drug-likeness (QED) is 0.246. The molecule has 0 aliphatic heterocycles. The molecule has 0 aliphatic carbocycles. The van der Waals surface area contributed by atoms with E-state index < -0.39 is 11.5 Å². The number of allylic oxidation sites excluding steroid dienone is 1. The van der Waals surface area contributed by atoms with Crippen molar-refractivity contribution in [3.8, 4) is 5.75 Å². The monoisotopic (exact) mass is 470 g/mol. The highest BCUT2D eigenvalue weighted by Crippen LogP contribution is 2.28. The molecule has 3 rings (SSSR count). The van der Waals surface area contributed by atoms with Crippen LogP contribution in [0.1, 0.15) is 17.5 Å². The Morgan fingerprint density at radius 2 is 2.03 bits per heavy atom. The van der Waals surface area contributed by atoms with Gasteiger partial charge in [-0.2, -0.15) is 5.10 Å². The number of rotatable bonds is 11. The number of carbonyl (C=O) groups is 1. The molecule has 0 fully saturated rings. The van der Waals surface area contributed by atoms with E-state index in [1.165, 1.54) is 18.2 Å². The molecule has 172 valence electrons. The number of nitrogens with one attached hydrogen (secondary N) is 2. The van der Waals surface area contributed by atoms with Gasteiger partial charge in [0.1, 0.15) is 6.61 Å². The summed E-state index contributed by atoms with van der Waals surface area (Å²) in [6.45, 7) is 9.35. The summed E-state index contributed by atoms with van der Waals surface area (Å²) in [5.74, 6) is -1.00. The van der Waals surface area contributed by atoms with Crippen molar-refractivity contribution in [1.29, 1.82) is 0 Å². The second-order valence-electron chi connectivity index (χ2n) is 6.51. The van der Waals surface area contributed by atoms with Crippen LogP contribution in [-0.2, 0) is 4.74 Å². The Kier molecular flexibility index (Phi) is 7.89. The fraction of sp³-hybridized carbons (Fsp3) is 0.190. The molecule has 2 aromatic heterocycles. The van der Waals surface area contributed by atoms with E-state index in [0.29, 0.717) is 16.5 Å². The number of methoxy groups -OCH3 is 1. The average Bonchev–Trinajstić information content (AvgIpc) is 3.24. The largest absolute Gasteiger partial charge is 0.483 e. The van der Waals surface area contributed by atoms with Gasteiger partial charge in [0, 0.05) is 31.3 Å². The Labute approximate surface area is 193 Å². The lowest BCUT2D eigenvalue weighted by Gasteiger charge is -2.13. The van der Waals surface area contributed by atoms with Crippen molar-refractivity contribution in [3.63, 3.8) is 0 Å². The molecule has 0 radical (unpaired) electrons. The van der Waals surface area contributed by atoms with Gasteiger partial charge in [0.15, 0.2) is 5.76 Å². The van der Waals surface area contributed by atoms with E-state index in [1.54, 1.807) is 19.1 Å². The van der Waals surface area contributed by atoms with Gasteiger partial charge in [-0.3, -0.25) is 10.1 Å². The maximum absolute atomic E-state index is 12.8. The van der Waals surface area contributed by atoms with Crippen molar-refractivity contribution in [3.05, 3.63) is 64.9 Å². The Hall–Kier alpha value is -4.03. The lowest BCUT2D eigenvalue weighted by atomic mass is 10.2. The van der Waals surface area contributed by atoms with Crippen LogP contribution in [0.2, 0.25) is 0 Å². The van der Waals surface area contributed by atoms with E-state index in [0.717, 1.165) is 11.3 Å². The van der Waals surface area contributed by atoms with Crippen molar-refractivity contribution in [1.82, 2.24) is 10.2 Å². The zero-order valence-corrected chi connectivity index (χ0v) is 18.8. The van der Waals surface area contributed by atoms with E-state index in [2.05, 4.69) is 39.2 Å². The van der Waals surface area contributed by atoms with Crippen LogP contribution < -0.4 is 26.0 Å². The van der Waals surface area contributed by atoms with Gasteiger partial charge < -0.3 is 19.2 Å². The minimum Gasteiger partial charge on any atom is -0.483 e. The number of nitrogens with zero attached hydrogens (tertiary/aromatic N) is 4. The number of para-hydroxylation sites is 1. The van der Waals surface area contributed by atoms with Crippen LogP contribution in [-0.4, -0.2) is 43.1 Å². The van der Waals surface area contributed by atoms with Gasteiger partial charge in [0.25, 0.3) is 5.91 Å². The molecule has 3 aromatic rings. The number of ether oxygens (including phenoxy) is 2. The van der Waals surface area contributed by atoms with E-state index in [-0.39, 0.29) is 35.5 Å². The van der Waals surface area contributed by atoms with Crippen LogP contribution in [0, 0.1) is 0 Å². The molecule has 0 atom stereocenters. The molecular weight excluding hydrogens is 448 g/mol. The fourth-order valence-electron chi connectivity index (χ4n) is 2.58. The van der Waals surface area contributed by atoms with Crippen LogP contribution in [0.5, 0.6) is 5.75 Å². The molecule has 1 amide bonds. The van der Waals surface area contributed by atoms with Crippen molar-refractivity contribution < 1.29 is 18.7 Å². The zero-order valence-electron chi connectivity index (χ0n) is 18.0. The van der Waals surface area contributed by atoms with Crippen LogP contribution in [0.25, 0.3) is 0 Å². The molecular formula is C21H22N6O5S. The minimum absolute atomic E-state index is 0.0696. The molecule has 2 heterocycles. The number of hydrazone groups is 1. The predicted octanol–water partition coefficient (Wildman–Crippen LogP) is 3.47. The van der Waals surface area contributed by atoms with Gasteiger partial charge in [-0.15, -0.1) is 10.2 Å². The third-order valence-electron chi connectivity index (χ3n) is 4.04. The first-order chi connectivity index (χ1) is 15.9. The van der Waals surface area contributed by atoms with Gasteiger partial charge in [0.05, 0.1) is 12.3 Å². The van der Waals surface area contributed by atoms with Gasteiger partial charge in [-0.05, 0) is 19.1 Å². The van der Waals surface area contributed by atoms with Gasteiger partial charge in [-0.1, -0.05) is 36.1 Å². The Bertz CT molecular complexity index is 1190. The highest BCUT2D eigenvalue weighted by atomic mass is 32.1. The van der Waals surface area contributed by atoms with E-state index in [4.69, 9.17) is 13.9 Å². The van der Waals surface area contributed by atoms with E-state index in [9.17, 15) is 9.59 Å². The van der Waals surface area contributed by atoms with Crippen molar-refractivity contribution >= 4 is 45.6 Å². The Morgan fingerprint density at radius 3 is 2.70 bits per heavy atom. The lowest BCUT2D eigenvalue weighted by molar-refractivity contribution is 0.0990. The van der Waals surface area contributed by atoms with Crippen molar-refractivity contribution in [2.45, 2.75) is 6.92 Å². The Morgan fingerprint density at radius 1 is 1.27 bits per heavy atom. The smallest absolute Gasteiger partial charge is 0.381 e. The second kappa shape index (κ2) is 11.0. The molecule has 0 bridgehead atoms. The summed E-state index contributed by atoms with van der Waals surface area (Å²) in [6.07, 6.45) is 0. The molecule has 2 N–H and O–H groups in total. The summed E-state index contributed by atoms with van der Waals surface area (Å²) in [5, 5.41) is 19.2. The lowest BCUT2D eigenvalue weighted by Crippen LogP contribution is -2.18. The first-order valence-corrected chi connectivity index (χ1v) is 10.4. The van der Waals surface area contributed by atoms with Crippen LogP contribution in [0.15, 0.2) is 63.0 Å². The standard InChI is InChI=1S/C21H22N6O5S/c1-13(2)27(22-3)21-26-25-20(33-21)24-18(28)16-12-15(23-14-8-6-5-7-9-14)17(19(29)32-16)31-11-10-30-4/h5-9,12,23H,1,3,10-11H2,2,4H3,(H,24,25,28). The molecule has 0 spiro atoms. The van der Waals surface area contributed by atoms with Gasteiger partial charge in [-0.25, -0.2) is 9.80 Å². The highest BCUT2D eigenvalue weighted by molar-refractivity contribution is 7.19. The number of aromatic nitrogens is 2. The second-order valence-corrected chi connectivity index (χ2v) is 7.46. The highest BCUT2D eigenvalue weighted by Gasteiger charge is 2.20. The van der Waals surface area contributed by atoms with Crippen molar-refractivity contribution in [2.75, 3.05) is 36.0 Å². The predicted molar refractivity (Wildman–Crippen MR) is 127 cm³/mol. The molecule has 0 unspecified atom stereocenters. The summed E-state index contributed by atoms with van der Waals surface area (Å²) in [4.78, 5) is 25.4. The first-order valence-electron chi connectivity index (χ1n) is 9.62. The molecule has 1 aromatic carbocycles. The third kappa shape index (κ3) is 6.02. The molecule has 0 aliphatic rings. The summed E-state index contributed by atoms with van der Waals surface area (Å²) < 4.78 is 15.7. The Balaban J connectivity index is 1.87. The molecule has 11 nitrogen and oxygen atoms in total. The van der Waals surface area contributed by atoms with Crippen LogP contribution in [0.3, 0.4) is 0 Å².